The lowest BCUT2D eigenvalue weighted by atomic mass is 10.2. The molecular formula is C14H20N2OS2. The lowest BCUT2D eigenvalue weighted by molar-refractivity contribution is 0.673. The monoisotopic (exact) mass is 296 g/mol. The van der Waals surface area contributed by atoms with Crippen LogP contribution in [0.4, 0.5) is 0 Å². The number of pyridine rings is 1. The molecule has 1 aliphatic rings. The number of hydrogen-bond donors (Lipinski definition) is 0. The Labute approximate surface area is 121 Å². The third-order valence-corrected chi connectivity index (χ3v) is 6.04. The van der Waals surface area contributed by atoms with E-state index in [2.05, 4.69) is 9.35 Å². The second-order valence-electron chi connectivity index (χ2n) is 5.37. The Hall–Kier alpha value is -0.810. The van der Waals surface area contributed by atoms with Crippen molar-refractivity contribution in [1.29, 1.82) is 0 Å². The van der Waals surface area contributed by atoms with Crippen molar-refractivity contribution in [1.82, 2.24) is 4.98 Å². The summed E-state index contributed by atoms with van der Waals surface area (Å²) < 4.78 is 17.0. The van der Waals surface area contributed by atoms with E-state index in [1.54, 1.807) is 12.5 Å². The molecule has 1 aromatic rings. The highest BCUT2D eigenvalue weighted by molar-refractivity contribution is 7.94. The van der Waals surface area contributed by atoms with E-state index < -0.39 is 9.73 Å². The quantitative estimate of drug-likeness (QED) is 0.796. The van der Waals surface area contributed by atoms with Crippen molar-refractivity contribution in [2.24, 2.45) is 10.3 Å². The Morgan fingerprint density at radius 1 is 1.58 bits per heavy atom. The number of hydrogen-bond acceptors (Lipinski definition) is 3. The molecule has 1 fully saturated rings. The molecule has 3 nitrogen and oxygen atoms in total. The minimum absolute atomic E-state index is 0.155. The summed E-state index contributed by atoms with van der Waals surface area (Å²) in [4.78, 5) is 4.86. The van der Waals surface area contributed by atoms with Gasteiger partial charge in [0.25, 0.3) is 0 Å². The molecule has 19 heavy (non-hydrogen) atoms. The summed E-state index contributed by atoms with van der Waals surface area (Å²) in [5, 5.41) is -0.155. The van der Waals surface area contributed by atoms with E-state index in [9.17, 15) is 4.21 Å². The minimum Gasteiger partial charge on any atom is -0.261 e. The average Bonchev–Trinajstić information content (AvgIpc) is 3.12. The maximum atomic E-state index is 12.7. The maximum absolute atomic E-state index is 12.7. The van der Waals surface area contributed by atoms with Crippen LogP contribution in [0.5, 0.6) is 0 Å². The van der Waals surface area contributed by atoms with Crippen molar-refractivity contribution in [3.05, 3.63) is 29.6 Å². The fourth-order valence-corrected chi connectivity index (χ4v) is 3.82. The van der Waals surface area contributed by atoms with E-state index in [1.807, 2.05) is 26.0 Å². The number of aromatic nitrogens is 1. The van der Waals surface area contributed by atoms with Crippen LogP contribution >= 0.6 is 12.2 Å². The summed E-state index contributed by atoms with van der Waals surface area (Å²) in [6.45, 7) is 3.87. The van der Waals surface area contributed by atoms with Gasteiger partial charge in [-0.05, 0) is 44.2 Å². The Morgan fingerprint density at radius 3 is 2.79 bits per heavy atom. The van der Waals surface area contributed by atoms with E-state index >= 15 is 0 Å². The van der Waals surface area contributed by atoms with E-state index in [-0.39, 0.29) is 5.25 Å². The first kappa shape index (κ1) is 14.6. The molecule has 1 saturated carbocycles. The molecule has 2 atom stereocenters. The van der Waals surface area contributed by atoms with Gasteiger partial charge in [0.1, 0.15) is 4.99 Å². The van der Waals surface area contributed by atoms with Gasteiger partial charge < -0.3 is 0 Å². The van der Waals surface area contributed by atoms with E-state index in [0.717, 1.165) is 17.7 Å². The highest BCUT2D eigenvalue weighted by Crippen LogP contribution is 2.33. The molecule has 104 valence electrons. The first-order valence-corrected chi connectivity index (χ1v) is 8.94. The fraction of sp³-hybridized carbons (Fsp3) is 0.571. The highest BCUT2D eigenvalue weighted by Gasteiger charge is 2.24. The van der Waals surface area contributed by atoms with Gasteiger partial charge in [0.05, 0.1) is 15.0 Å². The molecule has 0 radical (unpaired) electrons. The van der Waals surface area contributed by atoms with Crippen LogP contribution < -0.4 is 0 Å². The van der Waals surface area contributed by atoms with Crippen LogP contribution in [0, 0.1) is 12.8 Å². The molecule has 0 spiro atoms. The Bertz CT molecular complexity index is 582. The predicted octanol–water partition coefficient (Wildman–Crippen LogP) is 3.68. The summed E-state index contributed by atoms with van der Waals surface area (Å²) in [6.07, 6.45) is 6.76. The molecule has 0 aromatic carbocycles. The lowest BCUT2D eigenvalue weighted by Crippen LogP contribution is -2.10. The van der Waals surface area contributed by atoms with Gasteiger partial charge in [-0.25, -0.2) is 4.21 Å². The molecule has 0 saturated heterocycles. The topological polar surface area (TPSA) is 42.3 Å². The molecule has 1 heterocycles. The average molecular weight is 296 g/mol. The summed E-state index contributed by atoms with van der Waals surface area (Å²) in [5.41, 5.74) is 1.91. The molecule has 5 heteroatoms. The largest absolute Gasteiger partial charge is 0.261 e. The fourth-order valence-electron chi connectivity index (χ4n) is 1.86. The highest BCUT2D eigenvalue weighted by atomic mass is 32.2. The molecule has 0 aliphatic heterocycles. The van der Waals surface area contributed by atoms with Gasteiger partial charge in [-0.3, -0.25) is 4.98 Å². The molecule has 2 rings (SSSR count). The molecule has 0 bridgehead atoms. The lowest BCUT2D eigenvalue weighted by Gasteiger charge is -2.14. The number of aryl methyl sites for hydroxylation is 1. The number of rotatable bonds is 4. The first-order valence-electron chi connectivity index (χ1n) is 6.55. The van der Waals surface area contributed by atoms with Crippen LogP contribution in [-0.4, -0.2) is 20.4 Å². The predicted molar refractivity (Wildman–Crippen MR) is 83.8 cm³/mol. The Morgan fingerprint density at radius 2 is 2.26 bits per heavy atom. The van der Waals surface area contributed by atoms with Gasteiger partial charge in [-0.1, -0.05) is 18.3 Å². The third-order valence-electron chi connectivity index (χ3n) is 3.50. The molecule has 0 N–H and O–H groups in total. The zero-order valence-corrected chi connectivity index (χ0v) is 13.3. The van der Waals surface area contributed by atoms with Crippen LogP contribution in [0.25, 0.3) is 0 Å². The molecule has 1 aliphatic carbocycles. The minimum atomic E-state index is -2.35. The van der Waals surface area contributed by atoms with Crippen LogP contribution in [0.2, 0.25) is 0 Å². The van der Waals surface area contributed by atoms with Crippen LogP contribution in [0.15, 0.2) is 22.7 Å². The van der Waals surface area contributed by atoms with Crippen molar-refractivity contribution >= 4 is 26.9 Å². The second-order valence-corrected chi connectivity index (χ2v) is 8.45. The van der Waals surface area contributed by atoms with E-state index in [0.29, 0.717) is 10.9 Å². The molecular weight excluding hydrogens is 276 g/mol. The third kappa shape index (κ3) is 4.08. The normalized spacial score (nSPS) is 19.5. The van der Waals surface area contributed by atoms with Crippen LogP contribution in [0.3, 0.4) is 0 Å². The summed E-state index contributed by atoms with van der Waals surface area (Å²) >= 11 is 5.25. The van der Waals surface area contributed by atoms with Gasteiger partial charge in [0.2, 0.25) is 0 Å². The number of nitrogens with zero attached hydrogens (tertiary/aromatic N) is 2. The standard InChI is InChI=1S/C14H20N2OS2/c1-10-4-7-13(9-15-10)11(2)19(3,17)16-14(18)8-12-5-6-12/h4,7,9,11-12H,5-6,8H2,1-3H3. The second kappa shape index (κ2) is 5.67. The van der Waals surface area contributed by atoms with Crippen molar-refractivity contribution in [2.75, 3.05) is 6.26 Å². The SMILES string of the molecule is Cc1ccc(C(C)S(C)(=O)=NC(=S)CC2CC2)cn1. The van der Waals surface area contributed by atoms with Crippen LogP contribution in [-0.2, 0) is 9.73 Å². The van der Waals surface area contributed by atoms with Gasteiger partial charge in [0, 0.05) is 24.6 Å². The maximum Gasteiger partial charge on any atom is 0.113 e. The Balaban J connectivity index is 2.17. The summed E-state index contributed by atoms with van der Waals surface area (Å²) in [6, 6.07) is 3.90. The van der Waals surface area contributed by atoms with E-state index in [4.69, 9.17) is 12.2 Å². The molecule has 1 aromatic heterocycles. The smallest absolute Gasteiger partial charge is 0.113 e. The Kier molecular flexibility index (Phi) is 4.36. The molecule has 0 amide bonds. The first-order chi connectivity index (χ1) is 8.88. The van der Waals surface area contributed by atoms with Crippen molar-refractivity contribution in [3.8, 4) is 0 Å². The van der Waals surface area contributed by atoms with Crippen molar-refractivity contribution < 1.29 is 4.21 Å². The zero-order chi connectivity index (χ0) is 14.0. The van der Waals surface area contributed by atoms with Crippen LogP contribution in [0.1, 0.15) is 42.7 Å². The van der Waals surface area contributed by atoms with E-state index in [1.165, 1.54) is 12.8 Å². The molecule has 2 unspecified atom stereocenters. The van der Waals surface area contributed by atoms with Gasteiger partial charge in [-0.2, -0.15) is 4.36 Å². The summed E-state index contributed by atoms with van der Waals surface area (Å²) in [5.74, 6) is 0.683. The van der Waals surface area contributed by atoms with Gasteiger partial charge >= 0.3 is 0 Å². The van der Waals surface area contributed by atoms with Crippen molar-refractivity contribution in [3.63, 3.8) is 0 Å². The van der Waals surface area contributed by atoms with Crippen molar-refractivity contribution in [2.45, 2.75) is 38.4 Å². The zero-order valence-electron chi connectivity index (χ0n) is 11.6. The summed E-state index contributed by atoms with van der Waals surface area (Å²) in [7, 11) is -2.35. The number of thiocarbonyl (C=S) groups is 1. The van der Waals surface area contributed by atoms with Gasteiger partial charge in [0.15, 0.2) is 0 Å². The van der Waals surface area contributed by atoms with Gasteiger partial charge in [-0.15, -0.1) is 0 Å².